The number of benzene rings is 2. The molecule has 102 valence electrons. The van der Waals surface area contributed by atoms with Crippen LogP contribution in [0.5, 0.6) is 0 Å². The lowest BCUT2D eigenvalue weighted by molar-refractivity contribution is 0.283. The minimum Gasteiger partial charge on any atom is -0.392 e. The van der Waals surface area contributed by atoms with Crippen molar-refractivity contribution in [3.63, 3.8) is 0 Å². The molecule has 2 aromatic carbocycles. The third-order valence-electron chi connectivity index (χ3n) is 3.58. The van der Waals surface area contributed by atoms with Crippen LogP contribution in [-0.2, 0) is 6.61 Å². The van der Waals surface area contributed by atoms with Crippen LogP contribution >= 0.6 is 0 Å². The van der Waals surface area contributed by atoms with E-state index in [2.05, 4.69) is 15.3 Å². The Morgan fingerprint density at radius 1 is 0.952 bits per heavy atom. The van der Waals surface area contributed by atoms with Gasteiger partial charge in [-0.1, -0.05) is 41.6 Å². The van der Waals surface area contributed by atoms with Crippen molar-refractivity contribution in [3.8, 4) is 5.82 Å². The van der Waals surface area contributed by atoms with E-state index < -0.39 is 0 Å². The van der Waals surface area contributed by atoms with Crippen LogP contribution in [0.25, 0.3) is 27.6 Å². The van der Waals surface area contributed by atoms with Gasteiger partial charge in [-0.2, -0.15) is 4.68 Å². The lowest BCUT2D eigenvalue weighted by Gasteiger charge is -2.09. The summed E-state index contributed by atoms with van der Waals surface area (Å²) in [6.45, 7) is -0.0358. The molecule has 0 atom stereocenters. The molecule has 0 aliphatic heterocycles. The molecule has 0 bridgehead atoms. The second kappa shape index (κ2) is 4.64. The Hall–Kier alpha value is -2.79. The van der Waals surface area contributed by atoms with Crippen LogP contribution in [0.1, 0.15) is 5.56 Å². The topological polar surface area (TPSA) is 63.8 Å². The fourth-order valence-corrected chi connectivity index (χ4v) is 2.56. The summed E-state index contributed by atoms with van der Waals surface area (Å²) < 4.78 is 1.73. The summed E-state index contributed by atoms with van der Waals surface area (Å²) in [7, 11) is 0. The number of aliphatic hydroxyl groups is 1. The van der Waals surface area contributed by atoms with E-state index in [9.17, 15) is 5.11 Å². The Labute approximate surface area is 120 Å². The molecule has 2 aromatic heterocycles. The molecule has 0 amide bonds. The number of nitrogens with zero attached hydrogens (tertiary/aromatic N) is 4. The van der Waals surface area contributed by atoms with Crippen molar-refractivity contribution in [2.75, 3.05) is 0 Å². The third-order valence-corrected chi connectivity index (χ3v) is 3.58. The van der Waals surface area contributed by atoms with Crippen LogP contribution in [0.15, 0.2) is 54.7 Å². The van der Waals surface area contributed by atoms with Crippen molar-refractivity contribution in [3.05, 3.63) is 60.3 Å². The monoisotopic (exact) mass is 276 g/mol. The van der Waals surface area contributed by atoms with Crippen molar-refractivity contribution in [1.29, 1.82) is 0 Å². The lowest BCUT2D eigenvalue weighted by atomic mass is 10.1. The Kier molecular flexibility index (Phi) is 2.65. The van der Waals surface area contributed by atoms with Gasteiger partial charge in [0.05, 0.1) is 12.1 Å². The SMILES string of the molecule is OCc1cnc(-n2nnc3ccccc32)c2ccccc12. The maximum Gasteiger partial charge on any atom is 0.163 e. The first-order valence-corrected chi connectivity index (χ1v) is 6.67. The van der Waals surface area contributed by atoms with E-state index in [-0.39, 0.29) is 6.61 Å². The molecule has 5 nitrogen and oxygen atoms in total. The maximum absolute atomic E-state index is 9.45. The highest BCUT2D eigenvalue weighted by Gasteiger charge is 2.12. The van der Waals surface area contributed by atoms with Gasteiger partial charge in [0, 0.05) is 17.1 Å². The number of aromatic nitrogens is 4. The molecule has 0 fully saturated rings. The summed E-state index contributed by atoms with van der Waals surface area (Å²) in [5.41, 5.74) is 2.54. The molecule has 4 rings (SSSR count). The second-order valence-corrected chi connectivity index (χ2v) is 4.80. The van der Waals surface area contributed by atoms with E-state index in [1.165, 1.54) is 0 Å². The average Bonchev–Trinajstić information content (AvgIpc) is 2.98. The molecule has 0 radical (unpaired) electrons. The molecule has 0 saturated heterocycles. The first kappa shape index (κ1) is 12.0. The lowest BCUT2D eigenvalue weighted by Crippen LogP contribution is -2.02. The quantitative estimate of drug-likeness (QED) is 0.611. The Morgan fingerprint density at radius 2 is 1.71 bits per heavy atom. The minimum atomic E-state index is -0.0358. The fraction of sp³-hybridized carbons (Fsp3) is 0.0625. The number of fused-ring (bicyclic) bond motifs is 2. The van der Waals surface area contributed by atoms with Crippen molar-refractivity contribution < 1.29 is 5.11 Å². The van der Waals surface area contributed by atoms with E-state index in [1.54, 1.807) is 10.9 Å². The van der Waals surface area contributed by atoms with E-state index in [4.69, 9.17) is 0 Å². The number of rotatable bonds is 2. The van der Waals surface area contributed by atoms with Gasteiger partial charge < -0.3 is 5.11 Å². The zero-order valence-electron chi connectivity index (χ0n) is 11.1. The van der Waals surface area contributed by atoms with Crippen molar-refractivity contribution in [1.82, 2.24) is 20.0 Å². The van der Waals surface area contributed by atoms with Crippen molar-refractivity contribution >= 4 is 21.8 Å². The summed E-state index contributed by atoms with van der Waals surface area (Å²) in [5.74, 6) is 0.719. The van der Waals surface area contributed by atoms with Gasteiger partial charge in [0.1, 0.15) is 5.52 Å². The summed E-state index contributed by atoms with van der Waals surface area (Å²) in [4.78, 5) is 4.47. The van der Waals surface area contributed by atoms with Gasteiger partial charge in [-0.05, 0) is 17.5 Å². The first-order valence-electron chi connectivity index (χ1n) is 6.67. The number of aliphatic hydroxyl groups excluding tert-OH is 1. The molecular formula is C16H12N4O. The third kappa shape index (κ3) is 1.79. The van der Waals surface area contributed by atoms with Gasteiger partial charge in [-0.15, -0.1) is 5.10 Å². The predicted molar refractivity (Wildman–Crippen MR) is 80.1 cm³/mol. The molecule has 5 heteroatoms. The number of pyridine rings is 1. The fourth-order valence-electron chi connectivity index (χ4n) is 2.56. The Morgan fingerprint density at radius 3 is 2.57 bits per heavy atom. The van der Waals surface area contributed by atoms with Gasteiger partial charge in [0.15, 0.2) is 5.82 Å². The summed E-state index contributed by atoms with van der Waals surface area (Å²) in [5, 5.41) is 19.8. The summed E-state index contributed by atoms with van der Waals surface area (Å²) in [6.07, 6.45) is 1.69. The van der Waals surface area contributed by atoms with Crippen LogP contribution in [-0.4, -0.2) is 25.1 Å². The summed E-state index contributed by atoms with van der Waals surface area (Å²) in [6, 6.07) is 15.6. The zero-order chi connectivity index (χ0) is 14.2. The van der Waals surface area contributed by atoms with E-state index in [0.29, 0.717) is 0 Å². The van der Waals surface area contributed by atoms with Crippen LogP contribution in [0.2, 0.25) is 0 Å². The van der Waals surface area contributed by atoms with E-state index >= 15 is 0 Å². The molecule has 0 spiro atoms. The van der Waals surface area contributed by atoms with Gasteiger partial charge in [0.2, 0.25) is 0 Å². The van der Waals surface area contributed by atoms with Gasteiger partial charge in [-0.3, -0.25) is 0 Å². The second-order valence-electron chi connectivity index (χ2n) is 4.80. The number of hydrogen-bond donors (Lipinski definition) is 1. The standard InChI is InChI=1S/C16H12N4O/c21-10-11-9-17-16(13-6-2-1-5-12(11)13)20-15-8-4-3-7-14(15)18-19-20/h1-9,21H,10H2. The zero-order valence-corrected chi connectivity index (χ0v) is 11.1. The number of hydrogen-bond acceptors (Lipinski definition) is 4. The molecule has 21 heavy (non-hydrogen) atoms. The average molecular weight is 276 g/mol. The first-order chi connectivity index (χ1) is 10.4. The van der Waals surface area contributed by atoms with E-state index in [1.807, 2.05) is 48.5 Å². The predicted octanol–water partition coefficient (Wildman–Crippen LogP) is 2.46. The Balaban J connectivity index is 2.07. The maximum atomic E-state index is 9.45. The highest BCUT2D eigenvalue weighted by molar-refractivity contribution is 5.92. The molecular weight excluding hydrogens is 264 g/mol. The van der Waals surface area contributed by atoms with Gasteiger partial charge in [-0.25, -0.2) is 4.98 Å². The minimum absolute atomic E-state index is 0.0358. The van der Waals surface area contributed by atoms with Crippen LogP contribution in [0.4, 0.5) is 0 Å². The van der Waals surface area contributed by atoms with E-state index in [0.717, 1.165) is 33.2 Å². The molecule has 0 unspecified atom stereocenters. The van der Waals surface area contributed by atoms with Crippen molar-refractivity contribution in [2.24, 2.45) is 0 Å². The largest absolute Gasteiger partial charge is 0.392 e. The van der Waals surface area contributed by atoms with Crippen LogP contribution < -0.4 is 0 Å². The molecule has 0 aliphatic carbocycles. The Bertz CT molecular complexity index is 945. The summed E-state index contributed by atoms with van der Waals surface area (Å²) >= 11 is 0. The van der Waals surface area contributed by atoms with Crippen LogP contribution in [0, 0.1) is 0 Å². The molecule has 2 heterocycles. The highest BCUT2D eigenvalue weighted by atomic mass is 16.3. The van der Waals surface area contributed by atoms with Gasteiger partial charge in [0.25, 0.3) is 0 Å². The highest BCUT2D eigenvalue weighted by Crippen LogP contribution is 2.25. The molecule has 4 aromatic rings. The van der Waals surface area contributed by atoms with Crippen molar-refractivity contribution in [2.45, 2.75) is 6.61 Å². The normalized spacial score (nSPS) is 11.3. The number of para-hydroxylation sites is 1. The van der Waals surface area contributed by atoms with Crippen LogP contribution in [0.3, 0.4) is 0 Å². The molecule has 0 aliphatic rings. The van der Waals surface area contributed by atoms with Gasteiger partial charge >= 0.3 is 0 Å². The smallest absolute Gasteiger partial charge is 0.163 e. The molecule has 1 N–H and O–H groups in total. The molecule has 0 saturated carbocycles.